The molecule has 1 fully saturated rings. The minimum atomic E-state index is -4.51. The van der Waals surface area contributed by atoms with Crippen LogP contribution in [0.1, 0.15) is 31.2 Å². The minimum Gasteiger partial charge on any atom is -0.493 e. The average molecular weight is 471 g/mol. The molecule has 1 saturated heterocycles. The normalized spacial score (nSPS) is 18.6. The lowest BCUT2D eigenvalue weighted by molar-refractivity contribution is -0.137. The lowest BCUT2D eigenvalue weighted by atomic mass is 9.96. The summed E-state index contributed by atoms with van der Waals surface area (Å²) in [5.41, 5.74) is 0.592. The number of hydrogen-bond acceptors (Lipinski definition) is 6. The number of aromatic nitrogens is 5. The fourth-order valence-corrected chi connectivity index (χ4v) is 4.53. The standard InChI is InChI=1S/C23H22F3N6O2/c1-22(21-29-15-12-19(33-2)20(34-3)13-16(15)30-21)7-4-10-31(22)18-11-14(23(24,25)26)5-6-17(18)32-27-8-9-28-32/h5,8-9,11-13H,4,7,10H2,1-3H3,(H,29,30)/t22-/m0/s1. The third kappa shape index (κ3) is 3.51. The van der Waals surface area contributed by atoms with E-state index in [1.165, 1.54) is 17.2 Å². The van der Waals surface area contributed by atoms with Gasteiger partial charge in [-0.2, -0.15) is 23.4 Å². The molecule has 1 radical (unpaired) electrons. The van der Waals surface area contributed by atoms with Gasteiger partial charge in [0.25, 0.3) is 0 Å². The second-order valence-electron chi connectivity index (χ2n) is 8.28. The molecule has 2 aromatic carbocycles. The van der Waals surface area contributed by atoms with Crippen LogP contribution >= 0.6 is 0 Å². The number of aromatic amines is 1. The van der Waals surface area contributed by atoms with Crippen LogP contribution < -0.4 is 14.4 Å². The predicted octanol–water partition coefficient (Wildman–Crippen LogP) is 4.50. The number of anilines is 1. The zero-order valence-corrected chi connectivity index (χ0v) is 18.8. The maximum absolute atomic E-state index is 13.6. The van der Waals surface area contributed by atoms with E-state index in [9.17, 15) is 13.2 Å². The fourth-order valence-electron chi connectivity index (χ4n) is 4.53. The Morgan fingerprint density at radius 1 is 1.09 bits per heavy atom. The summed E-state index contributed by atoms with van der Waals surface area (Å²) in [5.74, 6) is 1.73. The van der Waals surface area contributed by atoms with Crippen molar-refractivity contribution in [3.63, 3.8) is 0 Å². The second kappa shape index (κ2) is 7.93. The van der Waals surface area contributed by atoms with Crippen molar-refractivity contribution in [3.8, 4) is 17.2 Å². The van der Waals surface area contributed by atoms with Gasteiger partial charge in [-0.25, -0.2) is 4.98 Å². The molecule has 4 aromatic rings. The number of H-pyrrole nitrogens is 1. The monoisotopic (exact) mass is 471 g/mol. The van der Waals surface area contributed by atoms with E-state index < -0.39 is 17.3 Å². The zero-order valence-electron chi connectivity index (χ0n) is 18.8. The number of methoxy groups -OCH3 is 2. The molecule has 1 aliphatic rings. The van der Waals surface area contributed by atoms with Crippen LogP contribution in [0.2, 0.25) is 0 Å². The van der Waals surface area contributed by atoms with Crippen LogP contribution in [0.4, 0.5) is 18.9 Å². The van der Waals surface area contributed by atoms with Gasteiger partial charge in [-0.15, -0.1) is 4.80 Å². The second-order valence-corrected chi connectivity index (χ2v) is 8.28. The highest BCUT2D eigenvalue weighted by atomic mass is 19.4. The molecule has 34 heavy (non-hydrogen) atoms. The number of benzene rings is 2. The van der Waals surface area contributed by atoms with E-state index in [0.29, 0.717) is 47.2 Å². The summed E-state index contributed by atoms with van der Waals surface area (Å²) in [6, 6.07) is 8.38. The lowest BCUT2D eigenvalue weighted by Crippen LogP contribution is -2.40. The molecule has 0 bridgehead atoms. The Hall–Kier alpha value is -3.76. The Morgan fingerprint density at radius 2 is 1.79 bits per heavy atom. The van der Waals surface area contributed by atoms with Gasteiger partial charge in [0, 0.05) is 24.7 Å². The minimum absolute atomic E-state index is 0.335. The molecule has 0 amide bonds. The first-order chi connectivity index (χ1) is 16.2. The summed E-state index contributed by atoms with van der Waals surface area (Å²) in [4.78, 5) is 11.3. The summed E-state index contributed by atoms with van der Waals surface area (Å²) < 4.78 is 51.6. The maximum atomic E-state index is 13.6. The van der Waals surface area contributed by atoms with E-state index in [2.05, 4.69) is 21.2 Å². The quantitative estimate of drug-likeness (QED) is 0.462. The van der Waals surface area contributed by atoms with Gasteiger partial charge in [0.1, 0.15) is 11.5 Å². The van der Waals surface area contributed by atoms with Gasteiger partial charge in [-0.05, 0) is 31.9 Å². The summed E-state index contributed by atoms with van der Waals surface area (Å²) in [5, 5.41) is 8.24. The van der Waals surface area contributed by atoms with Crippen molar-refractivity contribution in [1.82, 2.24) is 25.0 Å². The third-order valence-electron chi connectivity index (χ3n) is 6.27. The number of nitrogens with one attached hydrogen (secondary N) is 1. The van der Waals surface area contributed by atoms with Gasteiger partial charge >= 0.3 is 6.18 Å². The number of imidazole rings is 1. The number of fused-ring (bicyclic) bond motifs is 1. The van der Waals surface area contributed by atoms with Crippen molar-refractivity contribution in [2.45, 2.75) is 31.5 Å². The first-order valence-corrected chi connectivity index (χ1v) is 10.6. The Labute approximate surface area is 193 Å². The number of nitrogens with zero attached hydrogens (tertiary/aromatic N) is 5. The van der Waals surface area contributed by atoms with Crippen LogP contribution in [0.3, 0.4) is 0 Å². The molecule has 0 spiro atoms. The first kappa shape index (κ1) is 22.1. The first-order valence-electron chi connectivity index (χ1n) is 10.6. The van der Waals surface area contributed by atoms with E-state index in [-0.39, 0.29) is 0 Å². The number of hydrogen-bond donors (Lipinski definition) is 1. The van der Waals surface area contributed by atoms with Crippen LogP contribution in [-0.4, -0.2) is 45.7 Å². The maximum Gasteiger partial charge on any atom is 0.416 e. The largest absolute Gasteiger partial charge is 0.493 e. The predicted molar refractivity (Wildman–Crippen MR) is 118 cm³/mol. The molecule has 1 atom stereocenters. The molecule has 0 saturated carbocycles. The van der Waals surface area contributed by atoms with Gasteiger partial charge in [-0.3, -0.25) is 0 Å². The number of alkyl halides is 3. The highest BCUT2D eigenvalue weighted by Crippen LogP contribution is 2.45. The van der Waals surface area contributed by atoms with Crippen LogP contribution in [0.5, 0.6) is 11.5 Å². The van der Waals surface area contributed by atoms with Gasteiger partial charge < -0.3 is 19.4 Å². The molecule has 177 valence electrons. The van der Waals surface area contributed by atoms with Gasteiger partial charge in [-0.1, -0.05) is 0 Å². The van der Waals surface area contributed by atoms with Gasteiger partial charge in [0.2, 0.25) is 0 Å². The topological polar surface area (TPSA) is 81.1 Å². The lowest BCUT2D eigenvalue weighted by Gasteiger charge is -2.36. The third-order valence-corrected chi connectivity index (χ3v) is 6.27. The molecule has 5 rings (SSSR count). The van der Waals surface area contributed by atoms with Crippen LogP contribution in [0, 0.1) is 6.07 Å². The molecule has 1 N–H and O–H groups in total. The molecular formula is C23H22F3N6O2. The zero-order chi connectivity index (χ0) is 24.1. The summed E-state index contributed by atoms with van der Waals surface area (Å²) in [7, 11) is 3.10. The highest BCUT2D eigenvalue weighted by molar-refractivity contribution is 5.80. The molecule has 0 aliphatic carbocycles. The van der Waals surface area contributed by atoms with Crippen molar-refractivity contribution < 1.29 is 22.6 Å². The van der Waals surface area contributed by atoms with Crippen molar-refractivity contribution in [2.75, 3.05) is 25.7 Å². The molecule has 2 aromatic heterocycles. The van der Waals surface area contributed by atoms with Gasteiger partial charge in [0.15, 0.2) is 11.5 Å². The fraction of sp³-hybridized carbons (Fsp3) is 0.348. The Balaban J connectivity index is 1.65. The number of rotatable bonds is 5. The Bertz CT molecular complexity index is 1290. The van der Waals surface area contributed by atoms with E-state index in [1.807, 2.05) is 11.8 Å². The Kier molecular flexibility index (Phi) is 5.14. The van der Waals surface area contributed by atoms with E-state index >= 15 is 0 Å². The smallest absolute Gasteiger partial charge is 0.416 e. The van der Waals surface area contributed by atoms with Crippen molar-refractivity contribution in [3.05, 3.63) is 54.1 Å². The number of ether oxygens (including phenoxy) is 2. The van der Waals surface area contributed by atoms with Crippen molar-refractivity contribution >= 4 is 16.7 Å². The summed E-state index contributed by atoms with van der Waals surface area (Å²) in [6.45, 7) is 2.50. The molecule has 8 nitrogen and oxygen atoms in total. The molecule has 0 unspecified atom stereocenters. The van der Waals surface area contributed by atoms with Crippen LogP contribution in [0.25, 0.3) is 16.7 Å². The van der Waals surface area contributed by atoms with Crippen molar-refractivity contribution in [2.24, 2.45) is 0 Å². The Morgan fingerprint density at radius 3 is 2.47 bits per heavy atom. The SMILES string of the molecule is COc1cc2nc([C@]3(C)CCCN3c3cc(C(F)(F)F)c[c]c3-n3nccn3)[nH]c2cc1OC. The molecular weight excluding hydrogens is 449 g/mol. The van der Waals surface area contributed by atoms with E-state index in [4.69, 9.17) is 14.5 Å². The van der Waals surface area contributed by atoms with E-state index in [1.54, 1.807) is 26.4 Å². The van der Waals surface area contributed by atoms with Gasteiger partial charge in [0.05, 0.1) is 54.4 Å². The number of halogens is 3. The summed E-state index contributed by atoms with van der Waals surface area (Å²) in [6.07, 6.45) is -0.118. The molecule has 3 heterocycles. The molecule has 1 aliphatic heterocycles. The average Bonchev–Trinajstić information content (AvgIpc) is 3.56. The molecule has 11 heteroatoms. The highest BCUT2D eigenvalue weighted by Gasteiger charge is 2.43. The van der Waals surface area contributed by atoms with Crippen LogP contribution in [-0.2, 0) is 11.7 Å². The van der Waals surface area contributed by atoms with E-state index in [0.717, 1.165) is 24.1 Å². The van der Waals surface area contributed by atoms with Crippen molar-refractivity contribution in [1.29, 1.82) is 0 Å². The summed E-state index contributed by atoms with van der Waals surface area (Å²) >= 11 is 0. The van der Waals surface area contributed by atoms with Crippen LogP contribution in [0.15, 0.2) is 36.7 Å².